The molecule has 2 atom stereocenters. The molecule has 0 aromatic rings. The van der Waals surface area contributed by atoms with E-state index in [4.69, 9.17) is 4.74 Å². The van der Waals surface area contributed by atoms with Crippen molar-refractivity contribution >= 4 is 0 Å². The van der Waals surface area contributed by atoms with Crippen molar-refractivity contribution in [1.82, 2.24) is 0 Å². The summed E-state index contributed by atoms with van der Waals surface area (Å²) in [5.74, 6) is 1.13. The highest BCUT2D eigenvalue weighted by molar-refractivity contribution is 4.84. The van der Waals surface area contributed by atoms with Gasteiger partial charge in [0.05, 0.1) is 12.7 Å². The predicted octanol–water partition coefficient (Wildman–Crippen LogP) is 1.43. The molecule has 1 rings (SSSR count). The third-order valence-corrected chi connectivity index (χ3v) is 2.50. The van der Waals surface area contributed by atoms with E-state index in [1.54, 1.807) is 7.11 Å². The first kappa shape index (κ1) is 9.01. The lowest BCUT2D eigenvalue weighted by Gasteiger charge is -2.20. The highest BCUT2D eigenvalue weighted by Gasteiger charge is 2.34. The molecule has 2 heteroatoms. The third-order valence-electron chi connectivity index (χ3n) is 2.50. The van der Waals surface area contributed by atoms with Crippen LogP contribution in [0.1, 0.15) is 26.2 Å². The zero-order valence-electron chi connectivity index (χ0n) is 7.42. The Morgan fingerprint density at radius 1 is 1.55 bits per heavy atom. The molecule has 2 nitrogen and oxygen atoms in total. The van der Waals surface area contributed by atoms with Crippen LogP contribution in [-0.2, 0) is 4.74 Å². The van der Waals surface area contributed by atoms with Crippen LogP contribution in [0.5, 0.6) is 0 Å². The largest absolute Gasteiger partial charge is 0.393 e. The van der Waals surface area contributed by atoms with E-state index in [2.05, 4.69) is 0 Å². The number of rotatable bonds is 5. The normalized spacial score (nSPS) is 23.2. The zero-order chi connectivity index (χ0) is 8.27. The summed E-state index contributed by atoms with van der Waals surface area (Å²) in [6.07, 6.45) is 3.27. The Hall–Kier alpha value is -0.0800. The van der Waals surface area contributed by atoms with E-state index in [0.29, 0.717) is 5.92 Å². The van der Waals surface area contributed by atoms with Crippen molar-refractivity contribution in [2.45, 2.75) is 32.3 Å². The van der Waals surface area contributed by atoms with Gasteiger partial charge in [0.25, 0.3) is 0 Å². The highest BCUT2D eigenvalue weighted by Crippen LogP contribution is 2.39. The highest BCUT2D eigenvalue weighted by atomic mass is 16.5. The van der Waals surface area contributed by atoms with Crippen LogP contribution in [0.15, 0.2) is 0 Å². The molecular weight excluding hydrogens is 140 g/mol. The van der Waals surface area contributed by atoms with Gasteiger partial charge in [-0.2, -0.15) is 0 Å². The number of ether oxygens (including phenoxy) is 1. The lowest BCUT2D eigenvalue weighted by atomic mass is 9.96. The fraction of sp³-hybridized carbons (Fsp3) is 1.00. The second kappa shape index (κ2) is 4.07. The van der Waals surface area contributed by atoms with Crippen LogP contribution in [0.4, 0.5) is 0 Å². The van der Waals surface area contributed by atoms with E-state index in [1.807, 2.05) is 6.92 Å². The summed E-state index contributed by atoms with van der Waals surface area (Å²) in [6.45, 7) is 2.75. The topological polar surface area (TPSA) is 29.5 Å². The van der Waals surface area contributed by atoms with Gasteiger partial charge in [-0.05, 0) is 25.2 Å². The summed E-state index contributed by atoms with van der Waals surface area (Å²) in [4.78, 5) is 0. The predicted molar refractivity (Wildman–Crippen MR) is 44.4 cm³/mol. The number of aliphatic hydroxyl groups is 1. The van der Waals surface area contributed by atoms with Gasteiger partial charge in [0.15, 0.2) is 0 Å². The van der Waals surface area contributed by atoms with Crippen molar-refractivity contribution in [2.75, 3.05) is 13.7 Å². The summed E-state index contributed by atoms with van der Waals surface area (Å²) < 4.78 is 5.07. The SMILES string of the molecule is CCC(O)C(COC)C1CC1. The van der Waals surface area contributed by atoms with Crippen LogP contribution in [0.25, 0.3) is 0 Å². The Kier molecular flexibility index (Phi) is 3.34. The molecule has 0 heterocycles. The Morgan fingerprint density at radius 2 is 2.18 bits per heavy atom. The molecule has 0 aromatic heterocycles. The van der Waals surface area contributed by atoms with E-state index in [9.17, 15) is 5.11 Å². The van der Waals surface area contributed by atoms with Crippen molar-refractivity contribution in [1.29, 1.82) is 0 Å². The van der Waals surface area contributed by atoms with E-state index in [0.717, 1.165) is 18.9 Å². The summed E-state index contributed by atoms with van der Waals surface area (Å²) >= 11 is 0. The standard InChI is InChI=1S/C9H18O2/c1-3-9(10)8(6-11-2)7-4-5-7/h7-10H,3-6H2,1-2H3. The van der Waals surface area contributed by atoms with E-state index >= 15 is 0 Å². The number of methoxy groups -OCH3 is 1. The molecule has 0 spiro atoms. The van der Waals surface area contributed by atoms with Gasteiger partial charge in [-0.15, -0.1) is 0 Å². The summed E-state index contributed by atoms with van der Waals surface area (Å²) in [7, 11) is 1.71. The van der Waals surface area contributed by atoms with Gasteiger partial charge in [-0.25, -0.2) is 0 Å². The molecule has 1 fully saturated rings. The smallest absolute Gasteiger partial charge is 0.0590 e. The van der Waals surface area contributed by atoms with Gasteiger partial charge >= 0.3 is 0 Å². The minimum absolute atomic E-state index is 0.151. The van der Waals surface area contributed by atoms with Gasteiger partial charge in [0.1, 0.15) is 0 Å². The molecule has 1 saturated carbocycles. The maximum atomic E-state index is 9.58. The van der Waals surface area contributed by atoms with Crippen molar-refractivity contribution in [3.63, 3.8) is 0 Å². The number of hydrogen-bond donors (Lipinski definition) is 1. The minimum atomic E-state index is -0.151. The average Bonchev–Trinajstić information content (AvgIpc) is 2.81. The lowest BCUT2D eigenvalue weighted by molar-refractivity contribution is 0.0346. The minimum Gasteiger partial charge on any atom is -0.393 e. The summed E-state index contributed by atoms with van der Waals surface area (Å²) in [5.41, 5.74) is 0. The molecular formula is C9H18O2. The molecule has 0 bridgehead atoms. The molecule has 0 amide bonds. The molecule has 1 N–H and O–H groups in total. The molecule has 0 aliphatic heterocycles. The van der Waals surface area contributed by atoms with E-state index in [-0.39, 0.29) is 6.10 Å². The van der Waals surface area contributed by atoms with Crippen LogP contribution in [0.2, 0.25) is 0 Å². The third kappa shape index (κ3) is 2.46. The Balaban J connectivity index is 2.30. The van der Waals surface area contributed by atoms with Crippen molar-refractivity contribution in [2.24, 2.45) is 11.8 Å². The van der Waals surface area contributed by atoms with Crippen LogP contribution >= 0.6 is 0 Å². The van der Waals surface area contributed by atoms with Gasteiger partial charge in [-0.3, -0.25) is 0 Å². The van der Waals surface area contributed by atoms with Gasteiger partial charge in [-0.1, -0.05) is 6.92 Å². The van der Waals surface area contributed by atoms with Gasteiger partial charge < -0.3 is 9.84 Å². The van der Waals surface area contributed by atoms with Crippen LogP contribution in [-0.4, -0.2) is 24.9 Å². The number of hydrogen-bond acceptors (Lipinski definition) is 2. The molecule has 0 aromatic carbocycles. The summed E-state index contributed by atoms with van der Waals surface area (Å²) in [5, 5.41) is 9.58. The first-order chi connectivity index (χ1) is 5.29. The quantitative estimate of drug-likeness (QED) is 0.656. The molecule has 0 saturated heterocycles. The second-order valence-corrected chi connectivity index (χ2v) is 3.43. The fourth-order valence-corrected chi connectivity index (χ4v) is 1.58. The van der Waals surface area contributed by atoms with Gasteiger partial charge in [0.2, 0.25) is 0 Å². The van der Waals surface area contributed by atoms with E-state index < -0.39 is 0 Å². The molecule has 0 radical (unpaired) electrons. The van der Waals surface area contributed by atoms with Crippen LogP contribution in [0, 0.1) is 11.8 Å². The molecule has 1 aliphatic rings. The zero-order valence-corrected chi connectivity index (χ0v) is 7.42. The molecule has 1 aliphatic carbocycles. The van der Waals surface area contributed by atoms with Crippen LogP contribution < -0.4 is 0 Å². The fourth-order valence-electron chi connectivity index (χ4n) is 1.58. The van der Waals surface area contributed by atoms with E-state index in [1.165, 1.54) is 12.8 Å². The molecule has 11 heavy (non-hydrogen) atoms. The first-order valence-corrected chi connectivity index (χ1v) is 4.46. The average molecular weight is 158 g/mol. The molecule has 2 unspecified atom stereocenters. The maximum Gasteiger partial charge on any atom is 0.0590 e. The Labute approximate surface area is 68.6 Å². The lowest BCUT2D eigenvalue weighted by Crippen LogP contribution is -2.25. The maximum absolute atomic E-state index is 9.58. The molecule has 66 valence electrons. The monoisotopic (exact) mass is 158 g/mol. The van der Waals surface area contributed by atoms with Crippen molar-refractivity contribution in [3.05, 3.63) is 0 Å². The van der Waals surface area contributed by atoms with Crippen molar-refractivity contribution < 1.29 is 9.84 Å². The summed E-state index contributed by atoms with van der Waals surface area (Å²) in [6, 6.07) is 0. The van der Waals surface area contributed by atoms with Gasteiger partial charge in [0, 0.05) is 13.0 Å². The number of aliphatic hydroxyl groups excluding tert-OH is 1. The first-order valence-electron chi connectivity index (χ1n) is 4.46. The van der Waals surface area contributed by atoms with Crippen LogP contribution in [0.3, 0.4) is 0 Å². The Morgan fingerprint density at radius 3 is 2.55 bits per heavy atom. The Bertz CT molecular complexity index is 110. The second-order valence-electron chi connectivity index (χ2n) is 3.43. The van der Waals surface area contributed by atoms with Crippen molar-refractivity contribution in [3.8, 4) is 0 Å².